The topological polar surface area (TPSA) is 46.1 Å². The Morgan fingerprint density at radius 1 is 1.25 bits per heavy atom. The van der Waals surface area contributed by atoms with E-state index in [1.54, 1.807) is 46.8 Å². The molecule has 0 aliphatic heterocycles. The van der Waals surface area contributed by atoms with Gasteiger partial charge < -0.3 is 4.90 Å². The van der Waals surface area contributed by atoms with E-state index in [2.05, 4.69) is 9.97 Å². The summed E-state index contributed by atoms with van der Waals surface area (Å²) in [4.78, 5) is 22.9. The van der Waals surface area contributed by atoms with Crippen LogP contribution in [0.5, 0.6) is 0 Å². The molecule has 0 N–H and O–H groups in total. The Hall–Kier alpha value is -2.60. The number of carbonyl (C=O) groups excluding carboxylic acids is 1. The van der Waals surface area contributed by atoms with Crippen LogP contribution in [0.4, 0.5) is 10.1 Å². The lowest BCUT2D eigenvalue weighted by Crippen LogP contribution is -2.32. The molecule has 0 spiro atoms. The second-order valence-corrected chi connectivity index (χ2v) is 6.41. The summed E-state index contributed by atoms with van der Waals surface area (Å²) in [7, 11) is 0. The molecule has 122 valence electrons. The number of hydrogen-bond acceptors (Lipinski definition) is 4. The zero-order chi connectivity index (χ0) is 16.9. The molecule has 3 rings (SSSR count). The van der Waals surface area contributed by atoms with E-state index in [9.17, 15) is 9.18 Å². The first-order chi connectivity index (χ1) is 11.6. The monoisotopic (exact) mass is 341 g/mol. The number of aryl methyl sites for hydroxylation is 1. The number of thiazole rings is 1. The van der Waals surface area contributed by atoms with Gasteiger partial charge in [-0.05, 0) is 42.8 Å². The summed E-state index contributed by atoms with van der Waals surface area (Å²) in [6.45, 7) is 2.28. The van der Waals surface area contributed by atoms with E-state index in [4.69, 9.17) is 0 Å². The average molecular weight is 341 g/mol. The van der Waals surface area contributed by atoms with Gasteiger partial charge in [-0.15, -0.1) is 11.3 Å². The SMILES string of the molecule is Cc1nc(CN(C(=O)Cc2cccnc2)c2ccc(F)cc2)cs1. The molecule has 0 bridgehead atoms. The van der Waals surface area contributed by atoms with Crippen molar-refractivity contribution in [3.8, 4) is 0 Å². The van der Waals surface area contributed by atoms with Gasteiger partial charge >= 0.3 is 0 Å². The minimum Gasteiger partial charge on any atom is -0.306 e. The highest BCUT2D eigenvalue weighted by molar-refractivity contribution is 7.09. The summed E-state index contributed by atoms with van der Waals surface area (Å²) >= 11 is 1.54. The van der Waals surface area contributed by atoms with Crippen molar-refractivity contribution in [2.24, 2.45) is 0 Å². The van der Waals surface area contributed by atoms with E-state index < -0.39 is 0 Å². The highest BCUT2D eigenvalue weighted by Crippen LogP contribution is 2.20. The van der Waals surface area contributed by atoms with Crippen LogP contribution in [0.15, 0.2) is 54.2 Å². The van der Waals surface area contributed by atoms with Gasteiger partial charge in [0, 0.05) is 23.5 Å². The number of rotatable bonds is 5. The number of anilines is 1. The predicted octanol–water partition coefficient (Wildman–Crippen LogP) is 3.76. The van der Waals surface area contributed by atoms with Crippen molar-refractivity contribution < 1.29 is 9.18 Å². The van der Waals surface area contributed by atoms with Crippen molar-refractivity contribution in [2.45, 2.75) is 19.9 Å². The number of carbonyl (C=O) groups is 1. The van der Waals surface area contributed by atoms with Crippen LogP contribution in [0.3, 0.4) is 0 Å². The first-order valence-electron chi connectivity index (χ1n) is 7.47. The Kier molecular flexibility index (Phi) is 4.96. The van der Waals surface area contributed by atoms with Gasteiger partial charge in [0.25, 0.3) is 0 Å². The van der Waals surface area contributed by atoms with Crippen molar-refractivity contribution in [1.82, 2.24) is 9.97 Å². The van der Waals surface area contributed by atoms with Crippen LogP contribution in [0.1, 0.15) is 16.3 Å². The van der Waals surface area contributed by atoms with E-state index in [0.717, 1.165) is 16.3 Å². The molecule has 0 aliphatic rings. The van der Waals surface area contributed by atoms with Crippen LogP contribution < -0.4 is 4.90 Å². The molecular weight excluding hydrogens is 325 g/mol. The summed E-state index contributed by atoms with van der Waals surface area (Å²) in [6.07, 6.45) is 3.58. The Balaban J connectivity index is 1.85. The van der Waals surface area contributed by atoms with Gasteiger partial charge in [0.05, 0.1) is 23.7 Å². The highest BCUT2D eigenvalue weighted by atomic mass is 32.1. The quantitative estimate of drug-likeness (QED) is 0.710. The molecule has 0 aliphatic carbocycles. The van der Waals surface area contributed by atoms with Gasteiger partial charge in [0.15, 0.2) is 0 Å². The first-order valence-corrected chi connectivity index (χ1v) is 8.35. The van der Waals surface area contributed by atoms with Crippen LogP contribution in [0, 0.1) is 12.7 Å². The van der Waals surface area contributed by atoms with Crippen molar-refractivity contribution in [2.75, 3.05) is 4.90 Å². The van der Waals surface area contributed by atoms with Crippen LogP contribution in [0.25, 0.3) is 0 Å². The molecule has 1 aromatic carbocycles. The smallest absolute Gasteiger partial charge is 0.231 e. The molecular formula is C18H16FN3OS. The minimum atomic E-state index is -0.331. The van der Waals surface area contributed by atoms with Gasteiger partial charge in [-0.25, -0.2) is 9.37 Å². The minimum absolute atomic E-state index is 0.0831. The maximum atomic E-state index is 13.2. The van der Waals surface area contributed by atoms with E-state index >= 15 is 0 Å². The second kappa shape index (κ2) is 7.31. The fourth-order valence-corrected chi connectivity index (χ4v) is 2.96. The predicted molar refractivity (Wildman–Crippen MR) is 92.4 cm³/mol. The summed E-state index contributed by atoms with van der Waals surface area (Å²) in [6, 6.07) is 9.58. The molecule has 3 aromatic rings. The van der Waals surface area contributed by atoms with E-state index in [1.165, 1.54) is 12.1 Å². The lowest BCUT2D eigenvalue weighted by Gasteiger charge is -2.22. The molecule has 0 saturated carbocycles. The number of hydrogen-bond donors (Lipinski definition) is 0. The van der Waals surface area contributed by atoms with Gasteiger partial charge in [-0.1, -0.05) is 6.07 Å². The lowest BCUT2D eigenvalue weighted by molar-refractivity contribution is -0.118. The fourth-order valence-electron chi connectivity index (χ4n) is 2.36. The maximum Gasteiger partial charge on any atom is 0.231 e. The third kappa shape index (κ3) is 4.02. The molecule has 0 unspecified atom stereocenters. The number of halogens is 1. The third-order valence-corrected chi connectivity index (χ3v) is 4.33. The third-order valence-electron chi connectivity index (χ3n) is 3.50. The molecule has 1 amide bonds. The Morgan fingerprint density at radius 2 is 2.04 bits per heavy atom. The number of benzene rings is 1. The maximum absolute atomic E-state index is 13.2. The van der Waals surface area contributed by atoms with Gasteiger partial charge in [0.1, 0.15) is 5.82 Å². The van der Waals surface area contributed by atoms with Crippen LogP contribution in [-0.4, -0.2) is 15.9 Å². The summed E-state index contributed by atoms with van der Waals surface area (Å²) < 4.78 is 13.2. The molecule has 0 atom stereocenters. The zero-order valence-corrected chi connectivity index (χ0v) is 14.0. The van der Waals surface area contributed by atoms with Crippen molar-refractivity contribution >= 4 is 22.9 Å². The van der Waals surface area contributed by atoms with Gasteiger partial charge in [-0.2, -0.15) is 0 Å². The van der Waals surface area contributed by atoms with Crippen molar-refractivity contribution in [3.63, 3.8) is 0 Å². The molecule has 0 saturated heterocycles. The van der Waals surface area contributed by atoms with Crippen LogP contribution >= 0.6 is 11.3 Å². The Bertz CT molecular complexity index is 818. The van der Waals surface area contributed by atoms with E-state index in [-0.39, 0.29) is 18.1 Å². The van der Waals surface area contributed by atoms with E-state index in [1.807, 2.05) is 18.4 Å². The fraction of sp³-hybridized carbons (Fsp3) is 0.167. The Morgan fingerprint density at radius 3 is 2.67 bits per heavy atom. The number of pyridine rings is 1. The van der Waals surface area contributed by atoms with E-state index in [0.29, 0.717) is 12.2 Å². The molecule has 2 heterocycles. The summed E-state index contributed by atoms with van der Waals surface area (Å²) in [5.41, 5.74) is 2.31. The zero-order valence-electron chi connectivity index (χ0n) is 13.1. The summed E-state index contributed by atoms with van der Waals surface area (Å²) in [5.74, 6) is -0.414. The largest absolute Gasteiger partial charge is 0.306 e. The van der Waals surface area contributed by atoms with Gasteiger partial charge in [-0.3, -0.25) is 9.78 Å². The molecule has 4 nitrogen and oxygen atoms in total. The second-order valence-electron chi connectivity index (χ2n) is 5.35. The molecule has 24 heavy (non-hydrogen) atoms. The normalized spacial score (nSPS) is 10.6. The van der Waals surface area contributed by atoms with Crippen LogP contribution in [-0.2, 0) is 17.8 Å². The van der Waals surface area contributed by atoms with Crippen molar-refractivity contribution in [1.29, 1.82) is 0 Å². The first kappa shape index (κ1) is 16.3. The molecule has 6 heteroatoms. The molecule has 2 aromatic heterocycles. The summed E-state index contributed by atoms with van der Waals surface area (Å²) in [5, 5.41) is 2.88. The molecule has 0 fully saturated rings. The average Bonchev–Trinajstić information content (AvgIpc) is 3.00. The number of nitrogens with zero attached hydrogens (tertiary/aromatic N) is 3. The number of aromatic nitrogens is 2. The Labute approximate surface area is 143 Å². The number of amides is 1. The standard InChI is InChI=1S/C18H16FN3OS/c1-13-21-16(12-24-13)11-22(17-6-4-15(19)5-7-17)18(23)9-14-3-2-8-20-10-14/h2-8,10,12H,9,11H2,1H3. The van der Waals surface area contributed by atoms with Gasteiger partial charge in [0.2, 0.25) is 5.91 Å². The van der Waals surface area contributed by atoms with Crippen LogP contribution in [0.2, 0.25) is 0 Å². The van der Waals surface area contributed by atoms with Crippen molar-refractivity contribution in [3.05, 3.63) is 76.3 Å². The molecule has 0 radical (unpaired) electrons. The highest BCUT2D eigenvalue weighted by Gasteiger charge is 2.18. The lowest BCUT2D eigenvalue weighted by atomic mass is 10.1.